The van der Waals surface area contributed by atoms with E-state index in [9.17, 15) is 4.79 Å². The lowest BCUT2D eigenvalue weighted by molar-refractivity contribution is 0.102. The molecule has 2 heterocycles. The van der Waals surface area contributed by atoms with Gasteiger partial charge in [-0.25, -0.2) is 0 Å². The number of amides is 1. The quantitative estimate of drug-likeness (QED) is 0.564. The van der Waals surface area contributed by atoms with Gasteiger partial charge < -0.3 is 13.6 Å². The van der Waals surface area contributed by atoms with E-state index in [1.807, 2.05) is 44.2 Å². The smallest absolute Gasteiger partial charge is 0.322 e. The Morgan fingerprint density at radius 3 is 2.78 bits per heavy atom. The number of hydrogen-bond acceptors (Lipinski definition) is 6. The molecule has 0 fully saturated rings. The summed E-state index contributed by atoms with van der Waals surface area (Å²) in [5.74, 6) is 0.903. The van der Waals surface area contributed by atoms with Gasteiger partial charge in [-0.05, 0) is 38.1 Å². The molecule has 0 bridgehead atoms. The number of nitrogens with zero attached hydrogens (tertiary/aromatic N) is 2. The van der Waals surface area contributed by atoms with Crippen molar-refractivity contribution in [2.45, 2.75) is 13.8 Å². The molecule has 1 N–H and O–H groups in total. The number of anilines is 1. The fourth-order valence-electron chi connectivity index (χ4n) is 2.74. The summed E-state index contributed by atoms with van der Waals surface area (Å²) in [5, 5.41) is 11.3. The van der Waals surface area contributed by atoms with Crippen LogP contribution >= 0.6 is 0 Å². The largest absolute Gasteiger partial charge is 0.490 e. The molecule has 0 saturated heterocycles. The van der Waals surface area contributed by atoms with Gasteiger partial charge in [-0.1, -0.05) is 34.9 Å². The first kappa shape index (κ1) is 16.8. The number of ether oxygens (including phenoxy) is 1. The van der Waals surface area contributed by atoms with Gasteiger partial charge in [-0.15, -0.1) is 5.10 Å². The SMILES string of the molecule is CCOc1cccc2cc(-c3nnc(NC(=O)c4cccc(C)c4)o3)oc12. The highest BCUT2D eigenvalue weighted by molar-refractivity contribution is 6.03. The Hall–Kier alpha value is -3.61. The Labute approximate surface area is 155 Å². The summed E-state index contributed by atoms with van der Waals surface area (Å²) >= 11 is 0. The first-order chi connectivity index (χ1) is 13.1. The molecule has 7 heteroatoms. The number of furan rings is 1. The van der Waals surface area contributed by atoms with E-state index in [4.69, 9.17) is 13.6 Å². The molecule has 2 aromatic heterocycles. The summed E-state index contributed by atoms with van der Waals surface area (Å²) in [6.07, 6.45) is 0. The molecule has 7 nitrogen and oxygen atoms in total. The molecule has 2 aromatic carbocycles. The van der Waals surface area contributed by atoms with Crippen LogP contribution in [0.2, 0.25) is 0 Å². The van der Waals surface area contributed by atoms with Crippen LogP contribution in [0.3, 0.4) is 0 Å². The molecular weight excluding hydrogens is 346 g/mol. The van der Waals surface area contributed by atoms with Crippen molar-refractivity contribution >= 4 is 22.9 Å². The molecule has 4 rings (SSSR count). The van der Waals surface area contributed by atoms with Crippen LogP contribution in [0.1, 0.15) is 22.8 Å². The van der Waals surface area contributed by atoms with Gasteiger partial charge in [0.15, 0.2) is 17.1 Å². The van der Waals surface area contributed by atoms with Crippen molar-refractivity contribution in [2.75, 3.05) is 11.9 Å². The Balaban J connectivity index is 1.58. The zero-order valence-electron chi connectivity index (χ0n) is 14.9. The monoisotopic (exact) mass is 363 g/mol. The lowest BCUT2D eigenvalue weighted by atomic mass is 10.1. The summed E-state index contributed by atoms with van der Waals surface area (Å²) in [5.41, 5.74) is 2.11. The van der Waals surface area contributed by atoms with Gasteiger partial charge in [-0.2, -0.15) is 0 Å². The average Bonchev–Trinajstić information content (AvgIpc) is 3.29. The number of para-hydroxylation sites is 1. The van der Waals surface area contributed by atoms with Gasteiger partial charge in [-0.3, -0.25) is 10.1 Å². The number of aromatic nitrogens is 2. The van der Waals surface area contributed by atoms with Crippen LogP contribution in [-0.4, -0.2) is 22.7 Å². The molecule has 0 atom stereocenters. The number of hydrogen-bond donors (Lipinski definition) is 1. The number of fused-ring (bicyclic) bond motifs is 1. The standard InChI is InChI=1S/C20H17N3O4/c1-3-25-15-9-5-7-13-11-16(26-17(13)15)19-22-23-20(27-19)21-18(24)14-8-4-6-12(2)10-14/h4-11H,3H2,1-2H3,(H,21,23,24). The molecule has 1 amide bonds. The van der Waals surface area contributed by atoms with E-state index in [-0.39, 0.29) is 17.8 Å². The van der Waals surface area contributed by atoms with Crippen molar-refractivity contribution in [1.82, 2.24) is 10.2 Å². The maximum absolute atomic E-state index is 12.3. The normalized spacial score (nSPS) is 10.9. The minimum absolute atomic E-state index is 0.00185. The molecular formula is C20H17N3O4. The molecule has 136 valence electrons. The van der Waals surface area contributed by atoms with Gasteiger partial charge in [0.05, 0.1) is 6.61 Å². The van der Waals surface area contributed by atoms with Gasteiger partial charge >= 0.3 is 6.01 Å². The van der Waals surface area contributed by atoms with Crippen LogP contribution in [0.25, 0.3) is 22.6 Å². The predicted octanol–water partition coefficient (Wildman–Crippen LogP) is 4.44. The van der Waals surface area contributed by atoms with Crippen LogP contribution in [0.5, 0.6) is 5.75 Å². The molecule has 0 aliphatic heterocycles. The number of rotatable bonds is 5. The second-order valence-corrected chi connectivity index (χ2v) is 5.95. The minimum atomic E-state index is -0.322. The first-order valence-electron chi connectivity index (χ1n) is 8.51. The van der Waals surface area contributed by atoms with Crippen molar-refractivity contribution in [1.29, 1.82) is 0 Å². The second kappa shape index (κ2) is 6.95. The van der Waals surface area contributed by atoms with Crippen molar-refractivity contribution < 1.29 is 18.4 Å². The van der Waals surface area contributed by atoms with Crippen LogP contribution in [0, 0.1) is 6.92 Å². The third kappa shape index (κ3) is 3.39. The fraction of sp³-hybridized carbons (Fsp3) is 0.150. The molecule has 0 saturated carbocycles. The van der Waals surface area contributed by atoms with E-state index in [1.165, 1.54) is 0 Å². The Kier molecular flexibility index (Phi) is 4.33. The highest BCUT2D eigenvalue weighted by atomic mass is 16.5. The Bertz CT molecular complexity index is 1110. The summed E-state index contributed by atoms with van der Waals surface area (Å²) < 4.78 is 16.9. The van der Waals surface area contributed by atoms with E-state index in [0.717, 1.165) is 10.9 Å². The van der Waals surface area contributed by atoms with Crippen LogP contribution < -0.4 is 10.1 Å². The molecule has 27 heavy (non-hydrogen) atoms. The summed E-state index contributed by atoms with van der Waals surface area (Å²) in [6.45, 7) is 4.36. The fourth-order valence-corrected chi connectivity index (χ4v) is 2.74. The summed E-state index contributed by atoms with van der Waals surface area (Å²) in [6, 6.07) is 14.6. The first-order valence-corrected chi connectivity index (χ1v) is 8.51. The third-order valence-corrected chi connectivity index (χ3v) is 3.94. The number of carbonyl (C=O) groups excluding carboxylic acids is 1. The highest BCUT2D eigenvalue weighted by Crippen LogP contribution is 2.33. The van der Waals surface area contributed by atoms with Crippen molar-refractivity contribution in [3.8, 4) is 17.4 Å². The minimum Gasteiger partial charge on any atom is -0.490 e. The zero-order valence-corrected chi connectivity index (χ0v) is 14.9. The lowest BCUT2D eigenvalue weighted by Crippen LogP contribution is -2.12. The highest BCUT2D eigenvalue weighted by Gasteiger charge is 2.17. The van der Waals surface area contributed by atoms with E-state index in [2.05, 4.69) is 15.5 Å². The maximum Gasteiger partial charge on any atom is 0.322 e. The van der Waals surface area contributed by atoms with E-state index >= 15 is 0 Å². The number of carbonyl (C=O) groups is 1. The van der Waals surface area contributed by atoms with E-state index in [0.29, 0.717) is 29.3 Å². The molecule has 0 spiro atoms. The summed E-state index contributed by atoms with van der Waals surface area (Å²) in [4.78, 5) is 12.3. The van der Waals surface area contributed by atoms with Gasteiger partial charge in [0.25, 0.3) is 11.8 Å². The van der Waals surface area contributed by atoms with Crippen LogP contribution in [0.15, 0.2) is 57.4 Å². The van der Waals surface area contributed by atoms with Crippen molar-refractivity contribution in [2.24, 2.45) is 0 Å². The maximum atomic E-state index is 12.3. The number of nitrogens with one attached hydrogen (secondary N) is 1. The molecule has 4 aromatic rings. The number of aryl methyl sites for hydroxylation is 1. The average molecular weight is 363 g/mol. The Morgan fingerprint density at radius 1 is 1.11 bits per heavy atom. The third-order valence-electron chi connectivity index (χ3n) is 3.94. The van der Waals surface area contributed by atoms with E-state index < -0.39 is 0 Å². The molecule has 0 radical (unpaired) electrons. The molecule has 0 aliphatic carbocycles. The second-order valence-electron chi connectivity index (χ2n) is 5.95. The van der Waals surface area contributed by atoms with Gasteiger partial charge in [0.1, 0.15) is 0 Å². The van der Waals surface area contributed by atoms with Crippen molar-refractivity contribution in [3.63, 3.8) is 0 Å². The van der Waals surface area contributed by atoms with Crippen molar-refractivity contribution in [3.05, 3.63) is 59.7 Å². The topological polar surface area (TPSA) is 90.4 Å². The predicted molar refractivity (Wildman–Crippen MR) is 99.8 cm³/mol. The van der Waals surface area contributed by atoms with Crippen LogP contribution in [-0.2, 0) is 0 Å². The van der Waals surface area contributed by atoms with Gasteiger partial charge in [0.2, 0.25) is 0 Å². The lowest BCUT2D eigenvalue weighted by Gasteiger charge is -2.02. The number of benzene rings is 2. The summed E-state index contributed by atoms with van der Waals surface area (Å²) in [7, 11) is 0. The van der Waals surface area contributed by atoms with Gasteiger partial charge in [0, 0.05) is 10.9 Å². The van der Waals surface area contributed by atoms with E-state index in [1.54, 1.807) is 18.2 Å². The molecule has 0 unspecified atom stereocenters. The molecule has 0 aliphatic rings. The Morgan fingerprint density at radius 2 is 1.96 bits per heavy atom. The zero-order chi connectivity index (χ0) is 18.8. The van der Waals surface area contributed by atoms with Crippen LogP contribution in [0.4, 0.5) is 6.01 Å².